The Morgan fingerprint density at radius 1 is 1.38 bits per heavy atom. The van der Waals surface area contributed by atoms with Crippen molar-refractivity contribution in [2.45, 2.75) is 58.2 Å². The summed E-state index contributed by atoms with van der Waals surface area (Å²) >= 11 is 1.38. The van der Waals surface area contributed by atoms with Gasteiger partial charge in [-0.15, -0.1) is 11.3 Å². The predicted octanol–water partition coefficient (Wildman–Crippen LogP) is 4.98. The summed E-state index contributed by atoms with van der Waals surface area (Å²) in [6.07, 6.45) is 4.46. The molecule has 0 spiro atoms. The fourth-order valence-corrected chi connectivity index (χ4v) is 4.91. The van der Waals surface area contributed by atoms with Crippen molar-refractivity contribution in [3.8, 4) is 0 Å². The standard InChI is InChI=1S/C19H24FNO2S/c1-12(2)21(13-7-4-5-8-13)19(22)18-14(11-23-3)17-15(20)9-6-10-16(17)24-18/h6,9-10,12-13H,4-5,7-8,11H2,1-3H3. The van der Waals surface area contributed by atoms with Gasteiger partial charge in [-0.25, -0.2) is 4.39 Å². The second-order valence-corrected chi connectivity index (χ2v) is 7.75. The Balaban J connectivity index is 2.07. The zero-order valence-electron chi connectivity index (χ0n) is 14.5. The minimum Gasteiger partial charge on any atom is -0.380 e. The molecule has 24 heavy (non-hydrogen) atoms. The van der Waals surface area contributed by atoms with E-state index in [0.29, 0.717) is 21.9 Å². The molecule has 0 saturated heterocycles. The minimum atomic E-state index is -0.285. The van der Waals surface area contributed by atoms with E-state index in [9.17, 15) is 9.18 Å². The van der Waals surface area contributed by atoms with Crippen molar-refractivity contribution in [1.29, 1.82) is 0 Å². The SMILES string of the molecule is COCc1c(C(=O)N(C(C)C)C2CCCC2)sc2cccc(F)c12. The summed E-state index contributed by atoms with van der Waals surface area (Å²) in [7, 11) is 1.58. The third-order valence-corrected chi connectivity index (χ3v) is 5.94. The van der Waals surface area contributed by atoms with Crippen LogP contribution in [-0.2, 0) is 11.3 Å². The van der Waals surface area contributed by atoms with Crippen molar-refractivity contribution < 1.29 is 13.9 Å². The number of methoxy groups -OCH3 is 1. The van der Waals surface area contributed by atoms with Crippen molar-refractivity contribution in [2.24, 2.45) is 0 Å². The summed E-state index contributed by atoms with van der Waals surface area (Å²) < 4.78 is 20.4. The molecule has 3 nitrogen and oxygen atoms in total. The summed E-state index contributed by atoms with van der Waals surface area (Å²) in [6, 6.07) is 5.43. The summed E-state index contributed by atoms with van der Waals surface area (Å²) in [5.41, 5.74) is 0.684. The summed E-state index contributed by atoms with van der Waals surface area (Å²) in [6.45, 7) is 4.36. The normalized spacial score (nSPS) is 15.5. The van der Waals surface area contributed by atoms with E-state index in [-0.39, 0.29) is 24.4 Å². The molecule has 0 radical (unpaired) electrons. The van der Waals surface area contributed by atoms with Crippen molar-refractivity contribution in [3.63, 3.8) is 0 Å². The number of nitrogens with zero attached hydrogens (tertiary/aromatic N) is 1. The zero-order valence-corrected chi connectivity index (χ0v) is 15.3. The number of fused-ring (bicyclic) bond motifs is 1. The largest absolute Gasteiger partial charge is 0.380 e. The molecule has 130 valence electrons. The second-order valence-electron chi connectivity index (χ2n) is 6.70. The van der Waals surface area contributed by atoms with Gasteiger partial charge in [0.15, 0.2) is 0 Å². The maximum atomic E-state index is 14.3. The average molecular weight is 349 g/mol. The van der Waals surface area contributed by atoms with Crippen LogP contribution in [0.4, 0.5) is 4.39 Å². The maximum absolute atomic E-state index is 14.3. The Morgan fingerprint density at radius 2 is 2.08 bits per heavy atom. The minimum absolute atomic E-state index is 0.0181. The number of rotatable bonds is 5. The smallest absolute Gasteiger partial charge is 0.264 e. The van der Waals surface area contributed by atoms with Crippen LogP contribution in [0, 0.1) is 5.82 Å². The Morgan fingerprint density at radius 3 is 2.71 bits per heavy atom. The molecule has 0 aliphatic heterocycles. The molecule has 2 aromatic rings. The fraction of sp³-hybridized carbons (Fsp3) is 0.526. The van der Waals surface area contributed by atoms with Crippen LogP contribution in [-0.4, -0.2) is 30.0 Å². The molecule has 1 aromatic carbocycles. The molecule has 1 aromatic heterocycles. The van der Waals surface area contributed by atoms with Gasteiger partial charge in [-0.05, 0) is 38.8 Å². The second kappa shape index (κ2) is 7.19. The van der Waals surface area contributed by atoms with E-state index in [0.717, 1.165) is 17.5 Å². The van der Waals surface area contributed by atoms with Gasteiger partial charge >= 0.3 is 0 Å². The van der Waals surface area contributed by atoms with Crippen molar-refractivity contribution in [2.75, 3.05) is 7.11 Å². The molecule has 1 aliphatic carbocycles. The molecular weight excluding hydrogens is 325 g/mol. The average Bonchev–Trinajstić information content (AvgIpc) is 3.16. The molecule has 3 rings (SSSR count). The van der Waals surface area contributed by atoms with Crippen LogP contribution in [0.3, 0.4) is 0 Å². The van der Waals surface area contributed by atoms with Crippen LogP contribution in [0.5, 0.6) is 0 Å². The Kier molecular flexibility index (Phi) is 5.21. The lowest BCUT2D eigenvalue weighted by atomic mass is 10.1. The maximum Gasteiger partial charge on any atom is 0.264 e. The van der Waals surface area contributed by atoms with Crippen LogP contribution in [0.25, 0.3) is 10.1 Å². The van der Waals surface area contributed by atoms with Gasteiger partial charge < -0.3 is 9.64 Å². The van der Waals surface area contributed by atoms with Crippen LogP contribution < -0.4 is 0 Å². The van der Waals surface area contributed by atoms with Crippen LogP contribution in [0.2, 0.25) is 0 Å². The number of halogens is 1. The van der Waals surface area contributed by atoms with E-state index in [1.54, 1.807) is 13.2 Å². The highest BCUT2D eigenvalue weighted by molar-refractivity contribution is 7.21. The number of thiophene rings is 1. The molecule has 1 heterocycles. The van der Waals surface area contributed by atoms with Gasteiger partial charge in [0.2, 0.25) is 0 Å². The van der Waals surface area contributed by atoms with E-state index in [1.165, 1.54) is 30.2 Å². The number of carbonyl (C=O) groups excluding carboxylic acids is 1. The number of hydrogen-bond donors (Lipinski definition) is 0. The third kappa shape index (κ3) is 3.07. The lowest BCUT2D eigenvalue weighted by molar-refractivity contribution is 0.0614. The predicted molar refractivity (Wildman–Crippen MR) is 96.1 cm³/mol. The monoisotopic (exact) mass is 349 g/mol. The highest BCUT2D eigenvalue weighted by Gasteiger charge is 2.32. The molecular formula is C19H24FNO2S. The van der Waals surface area contributed by atoms with Gasteiger partial charge in [-0.1, -0.05) is 18.9 Å². The molecule has 0 bridgehead atoms. The van der Waals surface area contributed by atoms with E-state index in [2.05, 4.69) is 13.8 Å². The van der Waals surface area contributed by atoms with Gasteiger partial charge in [0.1, 0.15) is 5.82 Å². The van der Waals surface area contributed by atoms with Gasteiger partial charge in [0, 0.05) is 34.8 Å². The van der Waals surface area contributed by atoms with E-state index in [1.807, 2.05) is 11.0 Å². The topological polar surface area (TPSA) is 29.5 Å². The molecule has 1 aliphatic rings. The molecule has 1 saturated carbocycles. The molecule has 5 heteroatoms. The molecule has 0 unspecified atom stereocenters. The molecule has 1 amide bonds. The highest BCUT2D eigenvalue weighted by atomic mass is 32.1. The number of benzene rings is 1. The van der Waals surface area contributed by atoms with Gasteiger partial charge in [0.25, 0.3) is 5.91 Å². The molecule has 0 atom stereocenters. The van der Waals surface area contributed by atoms with Gasteiger partial charge in [-0.3, -0.25) is 4.79 Å². The first kappa shape index (κ1) is 17.4. The van der Waals surface area contributed by atoms with Crippen molar-refractivity contribution >= 4 is 27.3 Å². The van der Waals surface area contributed by atoms with E-state index in [4.69, 9.17) is 4.74 Å². The van der Waals surface area contributed by atoms with Crippen molar-refractivity contribution in [1.82, 2.24) is 4.90 Å². The summed E-state index contributed by atoms with van der Waals surface area (Å²) in [5, 5.41) is 0.530. The fourth-order valence-electron chi connectivity index (χ4n) is 3.74. The zero-order chi connectivity index (χ0) is 17.3. The number of ether oxygens (including phenoxy) is 1. The Bertz CT molecular complexity index is 734. The van der Waals surface area contributed by atoms with Crippen LogP contribution >= 0.6 is 11.3 Å². The first-order valence-electron chi connectivity index (χ1n) is 8.56. The number of carbonyl (C=O) groups is 1. The van der Waals surface area contributed by atoms with Gasteiger partial charge in [0.05, 0.1) is 11.5 Å². The van der Waals surface area contributed by atoms with Crippen molar-refractivity contribution in [3.05, 3.63) is 34.5 Å². The van der Waals surface area contributed by atoms with Crippen LogP contribution in [0.1, 0.15) is 54.8 Å². The van der Waals surface area contributed by atoms with Crippen LogP contribution in [0.15, 0.2) is 18.2 Å². The summed E-state index contributed by atoms with van der Waals surface area (Å²) in [5.74, 6) is -0.267. The first-order chi connectivity index (χ1) is 11.5. The number of amides is 1. The molecule has 0 N–H and O–H groups in total. The lowest BCUT2D eigenvalue weighted by Gasteiger charge is -2.32. The first-order valence-corrected chi connectivity index (χ1v) is 9.37. The Labute approximate surface area is 146 Å². The summed E-state index contributed by atoms with van der Waals surface area (Å²) in [4.78, 5) is 15.9. The highest BCUT2D eigenvalue weighted by Crippen LogP contribution is 2.36. The van der Waals surface area contributed by atoms with Gasteiger partial charge in [-0.2, -0.15) is 0 Å². The van der Waals surface area contributed by atoms with E-state index < -0.39 is 0 Å². The quantitative estimate of drug-likeness (QED) is 0.762. The Hall–Kier alpha value is -1.46. The third-order valence-electron chi connectivity index (χ3n) is 4.76. The lowest BCUT2D eigenvalue weighted by Crippen LogP contribution is -2.43. The number of hydrogen-bond acceptors (Lipinski definition) is 3. The molecule has 1 fully saturated rings. The van der Waals surface area contributed by atoms with E-state index >= 15 is 0 Å².